The molecule has 2 fully saturated rings. The summed E-state index contributed by atoms with van der Waals surface area (Å²) in [4.78, 5) is 33.6. The number of anilines is 1. The Kier molecular flexibility index (Phi) is 5.23. The van der Waals surface area contributed by atoms with Crippen LogP contribution in [0, 0.1) is 5.92 Å². The molecule has 4 heterocycles. The lowest BCUT2D eigenvalue weighted by Gasteiger charge is -2.47. The highest BCUT2D eigenvalue weighted by atomic mass is 35.5. The molecule has 4 aliphatic rings. The molecule has 2 amide bonds. The summed E-state index contributed by atoms with van der Waals surface area (Å²) in [5.74, 6) is -2.49. The molecule has 0 unspecified atom stereocenters. The Bertz CT molecular complexity index is 1490. The number of hydrogen-bond donors (Lipinski definition) is 5. The second kappa shape index (κ2) is 8.25. The number of aromatic amines is 1. The summed E-state index contributed by atoms with van der Waals surface area (Å²) >= 11 is 6.57. The van der Waals surface area contributed by atoms with E-state index in [1.54, 1.807) is 17.0 Å². The molecule has 9 atom stereocenters. The van der Waals surface area contributed by atoms with Gasteiger partial charge in [-0.05, 0) is 23.3 Å². The van der Waals surface area contributed by atoms with E-state index in [4.69, 9.17) is 16.3 Å². The van der Waals surface area contributed by atoms with E-state index in [0.29, 0.717) is 27.5 Å². The van der Waals surface area contributed by atoms with Gasteiger partial charge in [0.05, 0.1) is 35.0 Å². The Morgan fingerprint density at radius 3 is 2.50 bits per heavy atom. The average molecular weight is 540 g/mol. The lowest BCUT2D eigenvalue weighted by atomic mass is 9.68. The molecule has 1 aliphatic carbocycles. The number of carbonyl (C=O) groups is 2. The minimum atomic E-state index is -1.58. The number of rotatable bonds is 2. The second-order valence-corrected chi connectivity index (χ2v) is 10.9. The van der Waals surface area contributed by atoms with Gasteiger partial charge in [-0.1, -0.05) is 41.9 Å². The van der Waals surface area contributed by atoms with Crippen molar-refractivity contribution >= 4 is 40.0 Å². The smallest absolute Gasteiger partial charge is 0.237 e. The van der Waals surface area contributed by atoms with Crippen LogP contribution in [0.25, 0.3) is 10.9 Å². The Labute approximate surface area is 222 Å². The summed E-state index contributed by atoms with van der Waals surface area (Å²) in [7, 11) is 1.50. The fourth-order valence-corrected chi connectivity index (χ4v) is 7.33. The molecule has 0 saturated carbocycles. The molecule has 38 heavy (non-hydrogen) atoms. The van der Waals surface area contributed by atoms with Gasteiger partial charge in [0.2, 0.25) is 11.8 Å². The van der Waals surface area contributed by atoms with Gasteiger partial charge in [-0.3, -0.25) is 14.5 Å². The predicted octanol–water partition coefficient (Wildman–Crippen LogP) is 0.978. The molecule has 7 rings (SSSR count). The zero-order chi connectivity index (χ0) is 26.6. The van der Waals surface area contributed by atoms with Crippen molar-refractivity contribution in [2.75, 3.05) is 18.6 Å². The van der Waals surface area contributed by atoms with Crippen LogP contribution < -0.4 is 4.90 Å². The SMILES string of the molecule is CN1C(=O)[C@@H]2[C@@H]3c4ccccc4N([C@@H]4O[C@H](CO)[C@@H](O)[C@H](O)[C@H]4O)[C@@H]3c3[nH]c4c(Cl)cccc4c3[C@@H]2C1=O. The quantitative estimate of drug-likeness (QED) is 0.303. The molecule has 0 radical (unpaired) electrons. The van der Waals surface area contributed by atoms with Crippen LogP contribution in [-0.2, 0) is 14.3 Å². The lowest BCUT2D eigenvalue weighted by Crippen LogP contribution is -2.63. The first kappa shape index (κ1) is 24.1. The van der Waals surface area contributed by atoms with Gasteiger partial charge in [0.15, 0.2) is 6.23 Å². The highest BCUT2D eigenvalue weighted by Gasteiger charge is 2.63. The third-order valence-electron chi connectivity index (χ3n) is 8.77. The molecule has 5 N–H and O–H groups in total. The van der Waals surface area contributed by atoms with Crippen LogP contribution in [0.3, 0.4) is 0 Å². The second-order valence-electron chi connectivity index (χ2n) is 10.5. The van der Waals surface area contributed by atoms with E-state index in [1.807, 2.05) is 30.3 Å². The standard InChI is InChI=1S/C27H26ClN3O7/c1-30-25(36)17-15-11-6-4-7-12(28)19(11)29-20(15)21-16(18(17)26(30)37)10-5-2-3-8-13(10)31(21)27-24(35)23(34)22(33)14(9-32)38-27/h2-8,14,16-18,21-24,27,29,32-35H,9H2,1H3/t14-,16+,17+,18-,21+,22-,23+,24-,27-/m1/s1. The Morgan fingerprint density at radius 2 is 1.74 bits per heavy atom. The number of halogens is 1. The monoisotopic (exact) mass is 539 g/mol. The van der Waals surface area contributed by atoms with Crippen LogP contribution in [0.5, 0.6) is 0 Å². The highest BCUT2D eigenvalue weighted by molar-refractivity contribution is 6.35. The Morgan fingerprint density at radius 1 is 0.974 bits per heavy atom. The van der Waals surface area contributed by atoms with Crippen molar-refractivity contribution < 1.29 is 34.8 Å². The largest absolute Gasteiger partial charge is 0.394 e. The van der Waals surface area contributed by atoms with E-state index in [1.165, 1.54) is 11.9 Å². The molecule has 2 aromatic carbocycles. The van der Waals surface area contributed by atoms with Crippen LogP contribution in [0.2, 0.25) is 5.02 Å². The van der Waals surface area contributed by atoms with Crippen molar-refractivity contribution in [3.63, 3.8) is 0 Å². The van der Waals surface area contributed by atoms with Crippen molar-refractivity contribution in [1.82, 2.24) is 9.88 Å². The molecule has 198 valence electrons. The van der Waals surface area contributed by atoms with Crippen molar-refractivity contribution in [3.05, 3.63) is 64.3 Å². The first-order valence-corrected chi connectivity index (χ1v) is 12.9. The zero-order valence-electron chi connectivity index (χ0n) is 20.2. The van der Waals surface area contributed by atoms with Gasteiger partial charge in [0.1, 0.15) is 24.4 Å². The van der Waals surface area contributed by atoms with Crippen LogP contribution in [0.15, 0.2) is 42.5 Å². The zero-order valence-corrected chi connectivity index (χ0v) is 21.0. The van der Waals surface area contributed by atoms with E-state index in [-0.39, 0.29) is 11.8 Å². The highest BCUT2D eigenvalue weighted by Crippen LogP contribution is 2.63. The number of nitrogens with zero attached hydrogens (tertiary/aromatic N) is 2. The number of likely N-dealkylation sites (tertiary alicyclic amines) is 1. The van der Waals surface area contributed by atoms with Crippen molar-refractivity contribution in [1.29, 1.82) is 0 Å². The van der Waals surface area contributed by atoms with Gasteiger partial charge in [-0.2, -0.15) is 0 Å². The number of ether oxygens (including phenoxy) is 1. The topological polar surface area (TPSA) is 147 Å². The molecular weight excluding hydrogens is 514 g/mol. The molecular formula is C27H26ClN3O7. The third kappa shape index (κ3) is 2.90. The number of para-hydroxylation sites is 2. The summed E-state index contributed by atoms with van der Waals surface area (Å²) in [5.41, 5.74) is 3.45. The third-order valence-corrected chi connectivity index (χ3v) is 9.09. The molecule has 0 bridgehead atoms. The molecule has 0 spiro atoms. The molecule has 2 saturated heterocycles. The summed E-state index contributed by atoms with van der Waals surface area (Å²) in [6.45, 7) is -0.569. The average Bonchev–Trinajstić information content (AvgIpc) is 3.54. The van der Waals surface area contributed by atoms with Gasteiger partial charge >= 0.3 is 0 Å². The molecule has 1 aromatic heterocycles. The molecule has 3 aliphatic heterocycles. The number of aromatic nitrogens is 1. The number of hydrogen-bond acceptors (Lipinski definition) is 8. The number of aliphatic hydroxyl groups is 4. The van der Waals surface area contributed by atoms with Crippen molar-refractivity contribution in [3.8, 4) is 0 Å². The lowest BCUT2D eigenvalue weighted by molar-refractivity contribution is -0.230. The number of amides is 2. The number of likely N-dealkylation sites (N-methyl/N-ethyl adjacent to an activating group) is 1. The van der Waals surface area contributed by atoms with E-state index >= 15 is 0 Å². The Hall–Kier alpha value is -2.99. The fourth-order valence-electron chi connectivity index (χ4n) is 7.11. The maximum Gasteiger partial charge on any atom is 0.237 e. The fraction of sp³-hybridized carbons (Fsp3) is 0.407. The van der Waals surface area contributed by atoms with E-state index in [0.717, 1.165) is 10.9 Å². The van der Waals surface area contributed by atoms with E-state index < -0.39 is 61.0 Å². The first-order chi connectivity index (χ1) is 18.3. The van der Waals surface area contributed by atoms with E-state index in [2.05, 4.69) is 4.98 Å². The predicted molar refractivity (Wildman–Crippen MR) is 135 cm³/mol. The van der Waals surface area contributed by atoms with Crippen LogP contribution in [0.1, 0.15) is 34.7 Å². The minimum Gasteiger partial charge on any atom is -0.394 e. The number of H-pyrrole nitrogens is 1. The summed E-state index contributed by atoms with van der Waals surface area (Å²) in [6, 6.07) is 12.2. The van der Waals surface area contributed by atoms with Crippen molar-refractivity contribution in [2.24, 2.45) is 5.92 Å². The normalized spacial score (nSPS) is 35.9. The number of fused-ring (bicyclic) bond motifs is 10. The number of nitrogens with one attached hydrogen (secondary N) is 1. The maximum atomic E-state index is 13.6. The van der Waals surface area contributed by atoms with Gasteiger partial charge in [-0.25, -0.2) is 0 Å². The van der Waals surface area contributed by atoms with Gasteiger partial charge in [0, 0.05) is 29.7 Å². The summed E-state index contributed by atoms with van der Waals surface area (Å²) in [6.07, 6.45) is -6.90. The maximum absolute atomic E-state index is 13.6. The summed E-state index contributed by atoms with van der Waals surface area (Å²) < 4.78 is 6.03. The molecule has 10 nitrogen and oxygen atoms in total. The number of carbonyl (C=O) groups excluding carboxylic acids is 2. The van der Waals surface area contributed by atoms with Gasteiger partial charge in [-0.15, -0.1) is 0 Å². The van der Waals surface area contributed by atoms with Crippen LogP contribution in [0.4, 0.5) is 5.69 Å². The number of benzene rings is 2. The van der Waals surface area contributed by atoms with Crippen LogP contribution in [-0.4, -0.2) is 86.4 Å². The van der Waals surface area contributed by atoms with Gasteiger partial charge < -0.3 is 35.0 Å². The Balaban J connectivity index is 1.50. The van der Waals surface area contributed by atoms with Gasteiger partial charge in [0.25, 0.3) is 0 Å². The number of aliphatic hydroxyl groups excluding tert-OH is 4. The number of imide groups is 1. The minimum absolute atomic E-state index is 0.288. The molecule has 11 heteroatoms. The molecule has 3 aromatic rings. The summed E-state index contributed by atoms with van der Waals surface area (Å²) in [5, 5.41) is 43.2. The first-order valence-electron chi connectivity index (χ1n) is 12.6. The van der Waals surface area contributed by atoms with E-state index in [9.17, 15) is 30.0 Å². The van der Waals surface area contributed by atoms with Crippen molar-refractivity contribution in [2.45, 2.75) is 48.5 Å². The van der Waals surface area contributed by atoms with Crippen LogP contribution >= 0.6 is 11.6 Å².